The van der Waals surface area contributed by atoms with Crippen molar-refractivity contribution < 1.29 is 8.78 Å². The summed E-state index contributed by atoms with van der Waals surface area (Å²) in [5, 5.41) is 6.51. The Morgan fingerprint density at radius 3 is 2.47 bits per heavy atom. The highest BCUT2D eigenvalue weighted by atomic mass is 19.2. The Morgan fingerprint density at radius 1 is 1.00 bits per heavy atom. The van der Waals surface area contributed by atoms with Crippen molar-refractivity contribution in [2.75, 3.05) is 26.2 Å². The average molecular weight is 242 g/mol. The highest BCUT2D eigenvalue weighted by molar-refractivity contribution is 5.17. The summed E-state index contributed by atoms with van der Waals surface area (Å²) >= 11 is 0. The third-order valence-electron chi connectivity index (χ3n) is 2.53. The van der Waals surface area contributed by atoms with Gasteiger partial charge in [0.2, 0.25) is 0 Å². The molecule has 17 heavy (non-hydrogen) atoms. The van der Waals surface area contributed by atoms with Gasteiger partial charge in [-0.15, -0.1) is 0 Å². The Balaban J connectivity index is 2.11. The van der Waals surface area contributed by atoms with Crippen LogP contribution in [0.15, 0.2) is 18.2 Å². The maximum absolute atomic E-state index is 12.9. The molecule has 0 heterocycles. The van der Waals surface area contributed by atoms with Crippen LogP contribution in [0.25, 0.3) is 0 Å². The second-order valence-corrected chi connectivity index (χ2v) is 3.96. The van der Waals surface area contributed by atoms with Crippen LogP contribution in [-0.2, 0) is 6.42 Å². The first-order valence-electron chi connectivity index (χ1n) is 6.09. The molecule has 0 saturated heterocycles. The quantitative estimate of drug-likeness (QED) is 0.682. The molecule has 4 heteroatoms. The topological polar surface area (TPSA) is 24.1 Å². The summed E-state index contributed by atoms with van der Waals surface area (Å²) in [4.78, 5) is 0. The summed E-state index contributed by atoms with van der Waals surface area (Å²) in [7, 11) is 0. The Bertz CT molecular complexity index is 329. The monoisotopic (exact) mass is 242 g/mol. The van der Waals surface area contributed by atoms with E-state index in [1.807, 2.05) is 0 Å². The Hall–Kier alpha value is -1.00. The van der Waals surface area contributed by atoms with E-state index in [2.05, 4.69) is 17.6 Å². The molecule has 0 aromatic heterocycles. The molecule has 0 aliphatic heterocycles. The van der Waals surface area contributed by atoms with Crippen LogP contribution in [0.1, 0.15) is 18.9 Å². The number of hydrogen-bond acceptors (Lipinski definition) is 2. The van der Waals surface area contributed by atoms with Gasteiger partial charge in [0.1, 0.15) is 0 Å². The number of halogens is 2. The maximum atomic E-state index is 12.9. The zero-order valence-corrected chi connectivity index (χ0v) is 10.2. The van der Waals surface area contributed by atoms with Crippen molar-refractivity contribution in [1.82, 2.24) is 10.6 Å². The molecule has 0 saturated carbocycles. The van der Waals surface area contributed by atoms with Crippen molar-refractivity contribution in [3.8, 4) is 0 Å². The molecule has 0 fully saturated rings. The van der Waals surface area contributed by atoms with Gasteiger partial charge in [-0.05, 0) is 56.7 Å². The highest BCUT2D eigenvalue weighted by Gasteiger charge is 2.01. The summed E-state index contributed by atoms with van der Waals surface area (Å²) in [6.07, 6.45) is 1.80. The van der Waals surface area contributed by atoms with Crippen molar-refractivity contribution in [2.45, 2.75) is 19.8 Å². The molecule has 96 valence electrons. The third kappa shape index (κ3) is 5.75. The fraction of sp³-hybridized carbons (Fsp3) is 0.538. The van der Waals surface area contributed by atoms with Crippen LogP contribution >= 0.6 is 0 Å². The van der Waals surface area contributed by atoms with Crippen LogP contribution in [0.3, 0.4) is 0 Å². The van der Waals surface area contributed by atoms with Crippen LogP contribution in [0, 0.1) is 11.6 Å². The van der Waals surface area contributed by atoms with Crippen molar-refractivity contribution in [3.05, 3.63) is 35.4 Å². The molecular weight excluding hydrogens is 222 g/mol. The second-order valence-electron chi connectivity index (χ2n) is 3.96. The molecule has 0 atom stereocenters. The van der Waals surface area contributed by atoms with Crippen LogP contribution < -0.4 is 10.6 Å². The Kier molecular flexibility index (Phi) is 6.74. The summed E-state index contributed by atoms with van der Waals surface area (Å²) in [6, 6.07) is 4.06. The first-order chi connectivity index (χ1) is 8.24. The number of rotatable bonds is 8. The van der Waals surface area contributed by atoms with Crippen molar-refractivity contribution in [2.24, 2.45) is 0 Å². The van der Waals surface area contributed by atoms with E-state index in [1.165, 1.54) is 12.1 Å². The minimum Gasteiger partial charge on any atom is -0.317 e. The van der Waals surface area contributed by atoms with Gasteiger partial charge >= 0.3 is 0 Å². The molecule has 1 aromatic carbocycles. The van der Waals surface area contributed by atoms with E-state index in [-0.39, 0.29) is 0 Å². The van der Waals surface area contributed by atoms with Crippen molar-refractivity contribution >= 4 is 0 Å². The lowest BCUT2D eigenvalue weighted by Crippen LogP contribution is -2.23. The largest absolute Gasteiger partial charge is 0.317 e. The minimum absolute atomic E-state index is 0.721. The standard InChI is InChI=1S/C13H20F2N2/c1-2-16-7-3-8-17-9-6-11-4-5-12(14)13(15)10-11/h4-5,10,16-17H,2-3,6-9H2,1H3. The molecule has 0 aliphatic rings. The molecule has 0 amide bonds. The van der Waals surface area contributed by atoms with E-state index < -0.39 is 11.6 Å². The maximum Gasteiger partial charge on any atom is 0.159 e. The summed E-state index contributed by atoms with van der Waals surface area (Å²) in [5.74, 6) is -1.55. The minimum atomic E-state index is -0.785. The first kappa shape index (κ1) is 14.1. The van der Waals surface area contributed by atoms with Gasteiger partial charge in [0.15, 0.2) is 11.6 Å². The third-order valence-corrected chi connectivity index (χ3v) is 2.53. The lowest BCUT2D eigenvalue weighted by atomic mass is 10.1. The van der Waals surface area contributed by atoms with Crippen LogP contribution in [0.5, 0.6) is 0 Å². The van der Waals surface area contributed by atoms with Gasteiger partial charge in [0.05, 0.1) is 0 Å². The Labute approximate surface area is 101 Å². The van der Waals surface area contributed by atoms with Gasteiger partial charge in [-0.3, -0.25) is 0 Å². The first-order valence-corrected chi connectivity index (χ1v) is 6.09. The van der Waals surface area contributed by atoms with Gasteiger partial charge in [-0.25, -0.2) is 8.78 Å². The predicted molar refractivity (Wildman–Crippen MR) is 66.1 cm³/mol. The van der Waals surface area contributed by atoms with Crippen LogP contribution in [-0.4, -0.2) is 26.2 Å². The van der Waals surface area contributed by atoms with Gasteiger partial charge in [-0.2, -0.15) is 0 Å². The smallest absolute Gasteiger partial charge is 0.159 e. The Morgan fingerprint density at radius 2 is 1.76 bits per heavy atom. The second kappa shape index (κ2) is 8.14. The highest BCUT2D eigenvalue weighted by Crippen LogP contribution is 2.08. The van der Waals surface area contributed by atoms with Gasteiger partial charge in [0, 0.05) is 0 Å². The summed E-state index contributed by atoms with van der Waals surface area (Å²) in [6.45, 7) is 5.81. The zero-order valence-electron chi connectivity index (χ0n) is 10.2. The number of hydrogen-bond donors (Lipinski definition) is 2. The molecule has 0 bridgehead atoms. The molecule has 1 aromatic rings. The molecule has 0 aliphatic carbocycles. The molecule has 0 radical (unpaired) electrons. The molecule has 2 nitrogen and oxygen atoms in total. The van der Waals surface area contributed by atoms with E-state index in [0.29, 0.717) is 0 Å². The predicted octanol–water partition coefficient (Wildman–Crippen LogP) is 2.10. The fourth-order valence-electron chi connectivity index (χ4n) is 1.57. The van der Waals surface area contributed by atoms with Crippen LogP contribution in [0.4, 0.5) is 8.78 Å². The van der Waals surface area contributed by atoms with E-state index in [0.717, 1.165) is 44.6 Å². The van der Waals surface area contributed by atoms with Gasteiger partial charge < -0.3 is 10.6 Å². The van der Waals surface area contributed by atoms with Crippen LogP contribution in [0.2, 0.25) is 0 Å². The van der Waals surface area contributed by atoms with Crippen molar-refractivity contribution in [3.63, 3.8) is 0 Å². The van der Waals surface area contributed by atoms with E-state index in [9.17, 15) is 8.78 Å². The summed E-state index contributed by atoms with van der Waals surface area (Å²) in [5.41, 5.74) is 0.822. The zero-order chi connectivity index (χ0) is 12.5. The van der Waals surface area contributed by atoms with E-state index in [1.54, 1.807) is 6.07 Å². The molecule has 0 spiro atoms. The molecule has 1 rings (SSSR count). The van der Waals surface area contributed by atoms with Gasteiger partial charge in [-0.1, -0.05) is 13.0 Å². The van der Waals surface area contributed by atoms with E-state index in [4.69, 9.17) is 0 Å². The van der Waals surface area contributed by atoms with Crippen molar-refractivity contribution in [1.29, 1.82) is 0 Å². The molecule has 0 unspecified atom stereocenters. The molecule has 2 N–H and O–H groups in total. The van der Waals surface area contributed by atoms with Gasteiger partial charge in [0.25, 0.3) is 0 Å². The number of nitrogens with one attached hydrogen (secondary N) is 2. The fourth-order valence-corrected chi connectivity index (χ4v) is 1.57. The SMILES string of the molecule is CCNCCCNCCc1ccc(F)c(F)c1. The summed E-state index contributed by atoms with van der Waals surface area (Å²) < 4.78 is 25.6. The lowest BCUT2D eigenvalue weighted by Gasteiger charge is -2.05. The number of benzene rings is 1. The molecular formula is C13H20F2N2. The lowest BCUT2D eigenvalue weighted by molar-refractivity contribution is 0.506. The van der Waals surface area contributed by atoms with E-state index >= 15 is 0 Å². The average Bonchev–Trinajstić information content (AvgIpc) is 2.32. The normalized spacial score (nSPS) is 10.8.